The van der Waals surface area contributed by atoms with Gasteiger partial charge >= 0.3 is 0 Å². The first-order valence-corrected chi connectivity index (χ1v) is 10.7. The number of phenols is 2. The number of anilines is 1. The molecular weight excluding hydrogens is 437 g/mol. The number of benzene rings is 3. The molecule has 34 heavy (non-hydrogen) atoms. The summed E-state index contributed by atoms with van der Waals surface area (Å²) in [5.74, 6) is -0.524. The van der Waals surface area contributed by atoms with Crippen molar-refractivity contribution in [3.8, 4) is 45.3 Å². The van der Waals surface area contributed by atoms with Crippen molar-refractivity contribution in [1.82, 2.24) is 0 Å². The number of hydrogen-bond donors (Lipinski definition) is 2. The van der Waals surface area contributed by atoms with Crippen LogP contribution in [0.15, 0.2) is 60.2 Å². The highest BCUT2D eigenvalue weighted by molar-refractivity contribution is 5.93. The lowest BCUT2D eigenvalue weighted by molar-refractivity contribution is -0.116. The fourth-order valence-corrected chi connectivity index (χ4v) is 3.68. The highest BCUT2D eigenvalue weighted by Crippen LogP contribution is 2.49. The Bertz CT molecular complexity index is 1230. The summed E-state index contributed by atoms with van der Waals surface area (Å²) in [6.45, 7) is 5.44. The van der Waals surface area contributed by atoms with Crippen molar-refractivity contribution in [3.05, 3.63) is 66.0 Å². The number of amides is 1. The molecule has 7 heteroatoms. The van der Waals surface area contributed by atoms with Gasteiger partial charge in [0.15, 0.2) is 11.5 Å². The van der Waals surface area contributed by atoms with Crippen molar-refractivity contribution in [2.45, 2.75) is 20.8 Å². The van der Waals surface area contributed by atoms with Crippen LogP contribution in [0.25, 0.3) is 22.3 Å². The Morgan fingerprint density at radius 3 is 2.15 bits per heavy atom. The first kappa shape index (κ1) is 24.6. The molecule has 0 aliphatic carbocycles. The third kappa shape index (κ3) is 4.98. The van der Waals surface area contributed by atoms with E-state index in [4.69, 9.17) is 9.47 Å². The summed E-state index contributed by atoms with van der Waals surface area (Å²) in [4.78, 5) is 13.5. The van der Waals surface area contributed by atoms with Crippen molar-refractivity contribution in [2.24, 2.45) is 0 Å². The number of hydrogen-bond acceptors (Lipinski definition) is 5. The van der Waals surface area contributed by atoms with Gasteiger partial charge < -0.3 is 24.6 Å². The van der Waals surface area contributed by atoms with E-state index in [-0.39, 0.29) is 41.0 Å². The van der Waals surface area contributed by atoms with Crippen LogP contribution in [-0.4, -0.2) is 36.9 Å². The van der Waals surface area contributed by atoms with Crippen LogP contribution in [0.1, 0.15) is 20.8 Å². The first-order chi connectivity index (χ1) is 16.2. The van der Waals surface area contributed by atoms with Gasteiger partial charge in [-0.1, -0.05) is 29.8 Å². The minimum absolute atomic E-state index is 0.107. The molecule has 178 valence electrons. The van der Waals surface area contributed by atoms with Crippen LogP contribution in [0.3, 0.4) is 0 Å². The third-order valence-corrected chi connectivity index (χ3v) is 5.41. The molecule has 6 nitrogen and oxygen atoms in total. The van der Waals surface area contributed by atoms with Gasteiger partial charge in [0.05, 0.1) is 25.5 Å². The van der Waals surface area contributed by atoms with E-state index < -0.39 is 5.82 Å². The summed E-state index contributed by atoms with van der Waals surface area (Å²) in [5, 5.41) is 20.7. The zero-order valence-electron chi connectivity index (χ0n) is 19.8. The molecule has 0 atom stereocenters. The molecule has 0 heterocycles. The second-order valence-electron chi connectivity index (χ2n) is 8.01. The van der Waals surface area contributed by atoms with Crippen LogP contribution in [0.4, 0.5) is 10.1 Å². The van der Waals surface area contributed by atoms with Crippen molar-refractivity contribution in [1.29, 1.82) is 0 Å². The number of aromatic hydroxyl groups is 2. The van der Waals surface area contributed by atoms with E-state index in [0.717, 1.165) is 5.57 Å². The fraction of sp³-hybridized carbons (Fsp3) is 0.222. The Morgan fingerprint density at radius 2 is 1.62 bits per heavy atom. The molecule has 0 fully saturated rings. The van der Waals surface area contributed by atoms with E-state index in [1.54, 1.807) is 24.3 Å². The Kier molecular flexibility index (Phi) is 7.46. The molecule has 3 rings (SSSR count). The minimum Gasteiger partial charge on any atom is -0.508 e. The van der Waals surface area contributed by atoms with Crippen molar-refractivity contribution < 1.29 is 28.9 Å². The lowest BCUT2D eigenvalue weighted by Gasteiger charge is -2.22. The quantitative estimate of drug-likeness (QED) is 0.424. The van der Waals surface area contributed by atoms with Gasteiger partial charge in [0, 0.05) is 19.0 Å². The van der Waals surface area contributed by atoms with Gasteiger partial charge in [0.2, 0.25) is 5.91 Å². The van der Waals surface area contributed by atoms with Gasteiger partial charge in [0.1, 0.15) is 17.3 Å². The number of halogens is 1. The average Bonchev–Trinajstić information content (AvgIpc) is 2.79. The second kappa shape index (κ2) is 10.3. The maximum atomic E-state index is 15.2. The SMILES string of the molecule is COc1cc(-c2ccc(O)cc2)c(OC)c(O)c1-c1ccc(N(CC=C(C)C)C(C)=O)c(F)c1. The smallest absolute Gasteiger partial charge is 0.224 e. The van der Waals surface area contributed by atoms with E-state index in [0.29, 0.717) is 22.4 Å². The Morgan fingerprint density at radius 1 is 0.971 bits per heavy atom. The van der Waals surface area contributed by atoms with E-state index in [2.05, 4.69) is 0 Å². The number of methoxy groups -OCH3 is 2. The van der Waals surface area contributed by atoms with Crippen LogP contribution in [0.5, 0.6) is 23.0 Å². The van der Waals surface area contributed by atoms with Crippen LogP contribution < -0.4 is 14.4 Å². The summed E-state index contributed by atoms with van der Waals surface area (Å²) in [5.41, 5.74) is 3.00. The largest absolute Gasteiger partial charge is 0.508 e. The number of ether oxygens (including phenoxy) is 2. The normalized spacial score (nSPS) is 10.5. The molecule has 0 bridgehead atoms. The number of rotatable bonds is 7. The second-order valence-corrected chi connectivity index (χ2v) is 8.01. The highest BCUT2D eigenvalue weighted by Gasteiger charge is 2.23. The number of carbonyl (C=O) groups is 1. The van der Waals surface area contributed by atoms with Gasteiger partial charge in [-0.05, 0) is 55.3 Å². The molecule has 0 saturated heterocycles. The zero-order chi connectivity index (χ0) is 25.0. The minimum atomic E-state index is -0.613. The van der Waals surface area contributed by atoms with Crippen LogP contribution in [-0.2, 0) is 4.79 Å². The van der Waals surface area contributed by atoms with Crippen LogP contribution >= 0.6 is 0 Å². The maximum absolute atomic E-state index is 15.2. The monoisotopic (exact) mass is 465 g/mol. The summed E-state index contributed by atoms with van der Waals surface area (Å²) in [6, 6.07) is 12.5. The summed E-state index contributed by atoms with van der Waals surface area (Å²) in [7, 11) is 2.87. The fourth-order valence-electron chi connectivity index (χ4n) is 3.68. The molecule has 2 N–H and O–H groups in total. The molecule has 0 saturated carbocycles. The molecule has 0 aliphatic rings. The summed E-state index contributed by atoms with van der Waals surface area (Å²) in [6.07, 6.45) is 1.84. The van der Waals surface area contributed by atoms with E-state index in [1.165, 1.54) is 50.3 Å². The molecule has 0 radical (unpaired) electrons. The molecule has 0 aromatic heterocycles. The van der Waals surface area contributed by atoms with Crippen molar-refractivity contribution >= 4 is 11.6 Å². The van der Waals surface area contributed by atoms with Crippen molar-refractivity contribution in [3.63, 3.8) is 0 Å². The molecule has 3 aromatic carbocycles. The maximum Gasteiger partial charge on any atom is 0.224 e. The van der Waals surface area contributed by atoms with E-state index in [1.807, 2.05) is 19.9 Å². The predicted molar refractivity (Wildman–Crippen MR) is 131 cm³/mol. The molecule has 3 aromatic rings. The third-order valence-electron chi connectivity index (χ3n) is 5.41. The number of allylic oxidation sites excluding steroid dienone is 1. The lowest BCUT2D eigenvalue weighted by atomic mass is 9.96. The van der Waals surface area contributed by atoms with Crippen LogP contribution in [0.2, 0.25) is 0 Å². The highest BCUT2D eigenvalue weighted by atomic mass is 19.1. The van der Waals surface area contributed by atoms with E-state index in [9.17, 15) is 15.0 Å². The Labute approximate surface area is 198 Å². The first-order valence-electron chi connectivity index (χ1n) is 10.7. The summed E-state index contributed by atoms with van der Waals surface area (Å²) >= 11 is 0. The van der Waals surface area contributed by atoms with Gasteiger partial charge in [-0.2, -0.15) is 0 Å². The van der Waals surface area contributed by atoms with Crippen LogP contribution in [0, 0.1) is 5.82 Å². The number of carbonyl (C=O) groups excluding carboxylic acids is 1. The summed E-state index contributed by atoms with van der Waals surface area (Å²) < 4.78 is 26.2. The van der Waals surface area contributed by atoms with E-state index >= 15 is 4.39 Å². The number of phenolic OH excluding ortho intramolecular Hbond substituents is 2. The molecule has 0 unspecified atom stereocenters. The molecule has 0 spiro atoms. The Hall–Kier alpha value is -4.00. The van der Waals surface area contributed by atoms with Gasteiger partial charge in [-0.3, -0.25) is 4.79 Å². The van der Waals surface area contributed by atoms with Gasteiger partial charge in [0.25, 0.3) is 0 Å². The standard InChI is InChI=1S/C27H28FNO5/c1-16(2)12-13-29(17(3)30)23-11-8-19(14-22(23)28)25-24(33-4)15-21(27(34-5)26(25)32)18-6-9-20(31)10-7-18/h6-12,14-15,31-32H,13H2,1-5H3. The predicted octanol–water partition coefficient (Wildman–Crippen LogP) is 5.91. The zero-order valence-corrected chi connectivity index (χ0v) is 19.8. The molecular formula is C27H28FNO5. The lowest BCUT2D eigenvalue weighted by Crippen LogP contribution is -2.29. The topological polar surface area (TPSA) is 79.2 Å². The van der Waals surface area contributed by atoms with Gasteiger partial charge in [-0.25, -0.2) is 4.39 Å². The molecule has 0 aliphatic heterocycles. The Balaban J connectivity index is 2.14. The van der Waals surface area contributed by atoms with Crippen molar-refractivity contribution in [2.75, 3.05) is 25.7 Å². The average molecular weight is 466 g/mol. The van der Waals surface area contributed by atoms with Gasteiger partial charge in [-0.15, -0.1) is 0 Å². The molecule has 1 amide bonds. The number of nitrogens with zero attached hydrogens (tertiary/aromatic N) is 1.